The second kappa shape index (κ2) is 7.86. The topological polar surface area (TPSA) is 124 Å². The number of halogens is 2. The van der Waals surface area contributed by atoms with Crippen molar-refractivity contribution in [2.24, 2.45) is 18.5 Å². The molecule has 0 saturated heterocycles. The highest BCUT2D eigenvalue weighted by molar-refractivity contribution is 5.99. The Morgan fingerprint density at radius 1 is 1.20 bits per heavy atom. The molecule has 6 N–H and O–H groups in total. The van der Waals surface area contributed by atoms with Crippen LogP contribution in [0.5, 0.6) is 0 Å². The number of amides is 1. The van der Waals surface area contributed by atoms with E-state index in [2.05, 4.69) is 20.7 Å². The number of benzene rings is 1. The van der Waals surface area contributed by atoms with E-state index in [-0.39, 0.29) is 29.3 Å². The summed E-state index contributed by atoms with van der Waals surface area (Å²) in [6.07, 6.45) is 3.68. The van der Waals surface area contributed by atoms with E-state index in [1.54, 1.807) is 19.2 Å². The number of nitrogens with one attached hydrogen (secondary N) is 2. The molecule has 0 bridgehead atoms. The van der Waals surface area contributed by atoms with Gasteiger partial charge in [-0.2, -0.15) is 4.39 Å². The molecule has 1 aliphatic carbocycles. The van der Waals surface area contributed by atoms with Crippen LogP contribution in [0.1, 0.15) is 36.0 Å². The number of primary amides is 1. The first-order valence-electron chi connectivity index (χ1n) is 9.75. The number of hydrogen-bond acceptors (Lipinski definition) is 6. The second-order valence-corrected chi connectivity index (χ2v) is 7.55. The maximum Gasteiger partial charge on any atom is 0.252 e. The summed E-state index contributed by atoms with van der Waals surface area (Å²) in [5.74, 6) is -2.09. The van der Waals surface area contributed by atoms with Gasteiger partial charge in [-0.15, -0.1) is 5.10 Å². The zero-order valence-electron chi connectivity index (χ0n) is 16.5. The summed E-state index contributed by atoms with van der Waals surface area (Å²) in [6, 6.07) is 5.72. The molecule has 0 spiro atoms. The highest BCUT2D eigenvalue weighted by atomic mass is 19.1. The maximum absolute atomic E-state index is 14.6. The zero-order chi connectivity index (χ0) is 21.4. The number of aromatic nitrogens is 3. The van der Waals surface area contributed by atoms with E-state index in [4.69, 9.17) is 11.5 Å². The van der Waals surface area contributed by atoms with Gasteiger partial charge in [0.2, 0.25) is 5.95 Å². The van der Waals surface area contributed by atoms with Crippen molar-refractivity contribution in [3.63, 3.8) is 0 Å². The summed E-state index contributed by atoms with van der Waals surface area (Å²) < 4.78 is 30.1. The lowest BCUT2D eigenvalue weighted by Gasteiger charge is -2.30. The van der Waals surface area contributed by atoms with E-state index < -0.39 is 17.7 Å². The van der Waals surface area contributed by atoms with Gasteiger partial charge in [0, 0.05) is 24.8 Å². The molecular weight excluding hydrogens is 392 g/mol. The predicted molar refractivity (Wildman–Crippen MR) is 111 cm³/mol. The van der Waals surface area contributed by atoms with Crippen molar-refractivity contribution in [1.29, 1.82) is 0 Å². The number of carbonyl (C=O) groups excluding carboxylic acids is 1. The van der Waals surface area contributed by atoms with E-state index in [9.17, 15) is 13.6 Å². The molecule has 158 valence electrons. The van der Waals surface area contributed by atoms with Crippen LogP contribution in [0.15, 0.2) is 24.3 Å². The SMILES string of the molecule is Cn1nc(F)c2cc(Nc3nc(N[C@@H]4CCCC[C@@H]4N)c(F)cc3C(N)=O)ccc21. The molecule has 10 heteroatoms. The Morgan fingerprint density at radius 3 is 2.70 bits per heavy atom. The average molecular weight is 415 g/mol. The van der Waals surface area contributed by atoms with Crippen molar-refractivity contribution in [3.05, 3.63) is 41.6 Å². The summed E-state index contributed by atoms with van der Waals surface area (Å²) >= 11 is 0. The first-order valence-corrected chi connectivity index (χ1v) is 9.75. The van der Waals surface area contributed by atoms with E-state index in [0.717, 1.165) is 31.7 Å². The number of nitrogens with two attached hydrogens (primary N) is 2. The van der Waals surface area contributed by atoms with Crippen LogP contribution in [-0.4, -0.2) is 32.8 Å². The first kappa shape index (κ1) is 20.0. The molecule has 1 aromatic carbocycles. The van der Waals surface area contributed by atoms with Gasteiger partial charge in [-0.3, -0.25) is 9.48 Å². The van der Waals surface area contributed by atoms with Crippen LogP contribution in [0.4, 0.5) is 26.1 Å². The van der Waals surface area contributed by atoms with Crippen molar-refractivity contribution >= 4 is 34.1 Å². The Bertz CT molecular complexity index is 1110. The van der Waals surface area contributed by atoms with Crippen LogP contribution < -0.4 is 22.1 Å². The summed E-state index contributed by atoms with van der Waals surface area (Å²) in [5.41, 5.74) is 12.5. The molecule has 8 nitrogen and oxygen atoms in total. The van der Waals surface area contributed by atoms with Crippen LogP contribution in [0.25, 0.3) is 10.9 Å². The molecule has 2 heterocycles. The molecule has 30 heavy (non-hydrogen) atoms. The minimum atomic E-state index is -0.835. The van der Waals surface area contributed by atoms with Gasteiger partial charge in [0.05, 0.1) is 16.5 Å². The average Bonchev–Trinajstić information content (AvgIpc) is 2.99. The van der Waals surface area contributed by atoms with Gasteiger partial charge >= 0.3 is 0 Å². The standard InChI is InChI=1S/C20H23F2N7O/c1-29-16-7-6-10(8-11(16)17(22)28-29)25-19-12(18(24)30)9-13(21)20(27-19)26-15-5-3-2-4-14(15)23/h6-9,14-15H,2-5,23H2,1H3,(H2,24,30)(H2,25,26,27)/t14-,15+/m0/s1. The maximum atomic E-state index is 14.6. The monoisotopic (exact) mass is 415 g/mol. The third-order valence-corrected chi connectivity index (χ3v) is 5.45. The number of aryl methyl sites for hydroxylation is 1. The van der Waals surface area contributed by atoms with Gasteiger partial charge in [-0.1, -0.05) is 12.8 Å². The number of fused-ring (bicyclic) bond motifs is 1. The Kier molecular flexibility index (Phi) is 5.25. The van der Waals surface area contributed by atoms with E-state index in [1.807, 2.05) is 0 Å². The Labute approximate surface area is 171 Å². The molecule has 1 saturated carbocycles. The predicted octanol–water partition coefficient (Wildman–Crippen LogP) is 2.77. The lowest BCUT2D eigenvalue weighted by molar-refractivity contribution is 0.100. The Balaban J connectivity index is 1.68. The fraction of sp³-hybridized carbons (Fsp3) is 0.350. The van der Waals surface area contributed by atoms with Crippen LogP contribution in [-0.2, 0) is 7.05 Å². The summed E-state index contributed by atoms with van der Waals surface area (Å²) in [5, 5.41) is 10.0. The molecule has 2 aromatic heterocycles. The van der Waals surface area contributed by atoms with E-state index >= 15 is 0 Å². The highest BCUT2D eigenvalue weighted by Gasteiger charge is 2.24. The van der Waals surface area contributed by atoms with Crippen LogP contribution in [0, 0.1) is 11.8 Å². The fourth-order valence-electron chi connectivity index (χ4n) is 3.82. The van der Waals surface area contributed by atoms with Crippen LogP contribution >= 0.6 is 0 Å². The fourth-order valence-corrected chi connectivity index (χ4v) is 3.82. The molecule has 4 rings (SSSR count). The third kappa shape index (κ3) is 3.78. The largest absolute Gasteiger partial charge is 0.365 e. The number of anilines is 3. The number of rotatable bonds is 5. The van der Waals surface area contributed by atoms with Crippen molar-refractivity contribution < 1.29 is 13.6 Å². The van der Waals surface area contributed by atoms with Gasteiger partial charge < -0.3 is 22.1 Å². The molecule has 1 amide bonds. The number of nitrogens with zero attached hydrogens (tertiary/aromatic N) is 3. The third-order valence-electron chi connectivity index (χ3n) is 5.45. The van der Waals surface area contributed by atoms with Crippen LogP contribution in [0.2, 0.25) is 0 Å². The first-order chi connectivity index (χ1) is 14.3. The summed E-state index contributed by atoms with van der Waals surface area (Å²) in [4.78, 5) is 16.1. The van der Waals surface area contributed by atoms with Crippen molar-refractivity contribution in [2.45, 2.75) is 37.8 Å². The molecular formula is C20H23F2N7O. The molecule has 0 aliphatic heterocycles. The molecule has 1 fully saturated rings. The Hall–Kier alpha value is -3.27. The minimum Gasteiger partial charge on any atom is -0.365 e. The second-order valence-electron chi connectivity index (χ2n) is 7.55. The van der Waals surface area contributed by atoms with Crippen molar-refractivity contribution in [2.75, 3.05) is 10.6 Å². The molecule has 0 radical (unpaired) electrons. The van der Waals surface area contributed by atoms with E-state index in [0.29, 0.717) is 16.6 Å². The number of hydrogen-bond donors (Lipinski definition) is 4. The molecule has 0 unspecified atom stereocenters. The van der Waals surface area contributed by atoms with Gasteiger partial charge in [0.25, 0.3) is 5.91 Å². The lowest BCUT2D eigenvalue weighted by Crippen LogP contribution is -2.43. The smallest absolute Gasteiger partial charge is 0.252 e. The summed E-state index contributed by atoms with van der Waals surface area (Å²) in [6.45, 7) is 0. The normalized spacial score (nSPS) is 19.1. The quantitative estimate of drug-likeness (QED) is 0.508. The highest BCUT2D eigenvalue weighted by Crippen LogP contribution is 2.28. The van der Waals surface area contributed by atoms with Crippen molar-refractivity contribution in [1.82, 2.24) is 14.8 Å². The van der Waals surface area contributed by atoms with Gasteiger partial charge in [-0.05, 0) is 37.1 Å². The van der Waals surface area contributed by atoms with E-state index in [1.165, 1.54) is 10.7 Å². The van der Waals surface area contributed by atoms with Crippen molar-refractivity contribution in [3.8, 4) is 0 Å². The molecule has 1 aliphatic rings. The molecule has 3 aromatic rings. The molecule has 2 atom stereocenters. The minimum absolute atomic E-state index is 0.0153. The number of carbonyl (C=O) groups is 1. The zero-order valence-corrected chi connectivity index (χ0v) is 16.5. The Morgan fingerprint density at radius 2 is 1.97 bits per heavy atom. The number of pyridine rings is 1. The van der Waals surface area contributed by atoms with Gasteiger partial charge in [-0.25, -0.2) is 9.37 Å². The van der Waals surface area contributed by atoms with Gasteiger partial charge in [0.1, 0.15) is 5.82 Å². The van der Waals surface area contributed by atoms with Crippen LogP contribution in [0.3, 0.4) is 0 Å². The lowest BCUT2D eigenvalue weighted by atomic mass is 9.91. The summed E-state index contributed by atoms with van der Waals surface area (Å²) in [7, 11) is 1.64. The van der Waals surface area contributed by atoms with Gasteiger partial charge in [0.15, 0.2) is 11.6 Å².